The van der Waals surface area contributed by atoms with Gasteiger partial charge in [0.25, 0.3) is 0 Å². The summed E-state index contributed by atoms with van der Waals surface area (Å²) in [4.78, 5) is 2.15. The van der Waals surface area contributed by atoms with Crippen molar-refractivity contribution >= 4 is 22.5 Å². The van der Waals surface area contributed by atoms with E-state index in [1.54, 1.807) is 18.9 Å². The minimum Gasteiger partial charge on any atom is -0.507 e. The summed E-state index contributed by atoms with van der Waals surface area (Å²) in [6.07, 6.45) is 8.61. The molecule has 0 amide bonds. The Hall–Kier alpha value is -2.95. The van der Waals surface area contributed by atoms with E-state index in [1.807, 2.05) is 18.2 Å². The fourth-order valence-electron chi connectivity index (χ4n) is 6.67. The fourth-order valence-corrected chi connectivity index (χ4v) is 7.68. The number of phenols is 1. The van der Waals surface area contributed by atoms with Crippen LogP contribution in [0, 0.1) is 6.92 Å². The lowest BCUT2D eigenvalue weighted by Gasteiger charge is -2.34. The first-order valence-electron chi connectivity index (χ1n) is 13.4. The number of fused-ring (bicyclic) bond motifs is 7. The van der Waals surface area contributed by atoms with Gasteiger partial charge in [0.05, 0.1) is 18.6 Å². The second kappa shape index (κ2) is 9.74. The molecule has 0 aliphatic heterocycles. The van der Waals surface area contributed by atoms with E-state index >= 15 is 0 Å². The molecule has 37 heavy (non-hydrogen) atoms. The van der Waals surface area contributed by atoms with Crippen LogP contribution >= 0.6 is 11.8 Å². The van der Waals surface area contributed by atoms with Gasteiger partial charge >= 0.3 is 0 Å². The molecule has 0 radical (unpaired) electrons. The molecule has 1 spiro atoms. The summed E-state index contributed by atoms with van der Waals surface area (Å²) < 4.78 is 5.82. The van der Waals surface area contributed by atoms with E-state index < -0.39 is 0 Å². The summed E-state index contributed by atoms with van der Waals surface area (Å²) in [6.45, 7) is 2.12. The van der Waals surface area contributed by atoms with Crippen molar-refractivity contribution in [3.8, 4) is 22.6 Å². The SMILES string of the molecule is COc1cc2c(O)cc3c(c2cc1Sc1ccc(CO)cc1C)-c1ccccc1C31CCCCCCC1. The lowest BCUT2D eigenvalue weighted by molar-refractivity contribution is 0.281. The zero-order valence-corrected chi connectivity index (χ0v) is 22.5. The van der Waals surface area contributed by atoms with Gasteiger partial charge in [0, 0.05) is 15.7 Å². The van der Waals surface area contributed by atoms with Crippen molar-refractivity contribution in [2.24, 2.45) is 0 Å². The van der Waals surface area contributed by atoms with E-state index in [1.165, 1.54) is 54.4 Å². The molecule has 0 bridgehead atoms. The number of aryl methyl sites for hydroxylation is 1. The smallest absolute Gasteiger partial charge is 0.133 e. The molecule has 0 saturated heterocycles. The molecular weight excluding hydrogens is 476 g/mol. The second-order valence-electron chi connectivity index (χ2n) is 10.6. The number of rotatable bonds is 4. The van der Waals surface area contributed by atoms with E-state index in [0.717, 1.165) is 50.3 Å². The Labute approximate surface area is 223 Å². The van der Waals surface area contributed by atoms with Crippen molar-refractivity contribution in [1.29, 1.82) is 0 Å². The third-order valence-corrected chi connectivity index (χ3v) is 9.69. The molecule has 4 aromatic rings. The van der Waals surface area contributed by atoms with Crippen molar-refractivity contribution in [1.82, 2.24) is 0 Å². The maximum Gasteiger partial charge on any atom is 0.133 e. The first kappa shape index (κ1) is 24.4. The van der Waals surface area contributed by atoms with Gasteiger partial charge < -0.3 is 14.9 Å². The van der Waals surface area contributed by atoms with Crippen molar-refractivity contribution in [3.63, 3.8) is 0 Å². The molecular formula is C33H34O3S. The molecule has 0 unspecified atom stereocenters. The third-order valence-electron chi connectivity index (χ3n) is 8.48. The highest BCUT2D eigenvalue weighted by Gasteiger charge is 2.43. The summed E-state index contributed by atoms with van der Waals surface area (Å²) >= 11 is 1.68. The number of aromatic hydroxyl groups is 1. The van der Waals surface area contributed by atoms with Gasteiger partial charge in [-0.05, 0) is 82.8 Å². The molecule has 1 fully saturated rings. The van der Waals surface area contributed by atoms with Gasteiger partial charge in [-0.1, -0.05) is 80.3 Å². The number of ether oxygens (including phenoxy) is 1. The monoisotopic (exact) mass is 510 g/mol. The third kappa shape index (κ3) is 4.02. The highest BCUT2D eigenvalue weighted by molar-refractivity contribution is 7.99. The number of phenolic OH excluding ortho intramolecular Hbond substituents is 1. The molecule has 0 atom stereocenters. The van der Waals surface area contributed by atoms with E-state index in [4.69, 9.17) is 4.74 Å². The first-order valence-corrected chi connectivity index (χ1v) is 14.2. The highest BCUT2D eigenvalue weighted by atomic mass is 32.2. The van der Waals surface area contributed by atoms with Gasteiger partial charge in [0.2, 0.25) is 0 Å². The van der Waals surface area contributed by atoms with Crippen molar-refractivity contribution < 1.29 is 14.9 Å². The summed E-state index contributed by atoms with van der Waals surface area (Å²) in [5.74, 6) is 1.09. The number of hydrogen-bond donors (Lipinski definition) is 2. The topological polar surface area (TPSA) is 49.7 Å². The van der Waals surface area contributed by atoms with Crippen LogP contribution in [0.1, 0.15) is 67.2 Å². The molecule has 2 aliphatic rings. The van der Waals surface area contributed by atoms with E-state index in [9.17, 15) is 10.2 Å². The Kier molecular flexibility index (Phi) is 6.42. The average Bonchev–Trinajstić information content (AvgIpc) is 3.17. The largest absolute Gasteiger partial charge is 0.507 e. The molecule has 0 heterocycles. The van der Waals surface area contributed by atoms with Crippen LogP contribution in [0.3, 0.4) is 0 Å². The molecule has 190 valence electrons. The molecule has 6 rings (SSSR count). The molecule has 2 aliphatic carbocycles. The zero-order valence-electron chi connectivity index (χ0n) is 21.6. The van der Waals surface area contributed by atoms with E-state index in [-0.39, 0.29) is 12.0 Å². The number of aliphatic hydroxyl groups is 1. The zero-order chi connectivity index (χ0) is 25.6. The minimum absolute atomic E-state index is 0.0258. The van der Waals surface area contributed by atoms with Gasteiger partial charge in [-0.15, -0.1) is 0 Å². The van der Waals surface area contributed by atoms with Gasteiger partial charge in [-0.3, -0.25) is 0 Å². The van der Waals surface area contributed by atoms with Crippen molar-refractivity contribution in [2.45, 2.75) is 73.7 Å². The van der Waals surface area contributed by atoms with Crippen molar-refractivity contribution in [2.75, 3.05) is 7.11 Å². The lowest BCUT2D eigenvalue weighted by Crippen LogP contribution is -2.26. The highest BCUT2D eigenvalue weighted by Crippen LogP contribution is 2.58. The van der Waals surface area contributed by atoms with Crippen LogP contribution in [-0.2, 0) is 12.0 Å². The number of methoxy groups -OCH3 is 1. The molecule has 2 N–H and O–H groups in total. The summed E-state index contributed by atoms with van der Waals surface area (Å²) in [7, 11) is 1.69. The first-order chi connectivity index (χ1) is 18.1. The number of hydrogen-bond acceptors (Lipinski definition) is 4. The number of aliphatic hydroxyl groups excluding tert-OH is 1. The van der Waals surface area contributed by atoms with Crippen LogP contribution in [0.4, 0.5) is 0 Å². The van der Waals surface area contributed by atoms with Gasteiger partial charge in [0.15, 0.2) is 0 Å². The number of benzene rings is 4. The average molecular weight is 511 g/mol. The Balaban J connectivity index is 1.58. The molecule has 4 heteroatoms. The lowest BCUT2D eigenvalue weighted by atomic mass is 9.69. The molecule has 1 saturated carbocycles. The van der Waals surface area contributed by atoms with Crippen LogP contribution in [0.25, 0.3) is 21.9 Å². The van der Waals surface area contributed by atoms with E-state index in [0.29, 0.717) is 5.75 Å². The Morgan fingerprint density at radius 3 is 2.32 bits per heavy atom. The van der Waals surface area contributed by atoms with Gasteiger partial charge in [-0.2, -0.15) is 0 Å². The van der Waals surface area contributed by atoms with Crippen LogP contribution in [0.5, 0.6) is 11.5 Å². The predicted octanol–water partition coefficient (Wildman–Crippen LogP) is 8.52. The predicted molar refractivity (Wildman–Crippen MR) is 152 cm³/mol. The summed E-state index contributed by atoms with van der Waals surface area (Å²) in [5, 5.41) is 22.8. The normalized spacial score (nSPS) is 16.3. The van der Waals surface area contributed by atoms with Crippen LogP contribution in [0.2, 0.25) is 0 Å². The van der Waals surface area contributed by atoms with Crippen LogP contribution < -0.4 is 4.74 Å². The van der Waals surface area contributed by atoms with Crippen LogP contribution in [-0.4, -0.2) is 17.3 Å². The second-order valence-corrected chi connectivity index (χ2v) is 11.7. The standard InChI is InChI=1S/C33H34O3S/c1-21-16-22(20-34)12-13-30(21)37-31-18-25-24(17-29(31)36-2)28(35)19-27-32(25)23-10-6-7-11-26(23)33(27)14-8-4-3-5-9-15-33/h6-7,10-13,16-19,34-35H,3-5,8-9,14-15,20H2,1-2H3. The van der Waals surface area contributed by atoms with Gasteiger partial charge in [-0.25, -0.2) is 0 Å². The Bertz CT molecular complexity index is 1480. The minimum atomic E-state index is -0.0258. The molecule has 0 aromatic heterocycles. The summed E-state index contributed by atoms with van der Waals surface area (Å²) in [6, 6.07) is 21.3. The van der Waals surface area contributed by atoms with Crippen molar-refractivity contribution in [3.05, 3.63) is 82.9 Å². The molecule has 4 aromatic carbocycles. The fraction of sp³-hybridized carbons (Fsp3) is 0.333. The molecule has 3 nitrogen and oxygen atoms in total. The van der Waals surface area contributed by atoms with E-state index in [2.05, 4.69) is 49.4 Å². The Morgan fingerprint density at radius 2 is 1.59 bits per heavy atom. The van der Waals surface area contributed by atoms with Crippen LogP contribution in [0.15, 0.2) is 70.5 Å². The maximum absolute atomic E-state index is 11.4. The quantitative estimate of drug-likeness (QED) is 0.289. The Morgan fingerprint density at radius 1 is 0.838 bits per heavy atom. The van der Waals surface area contributed by atoms with Gasteiger partial charge in [0.1, 0.15) is 11.5 Å². The maximum atomic E-state index is 11.4. The summed E-state index contributed by atoms with van der Waals surface area (Å²) in [5.41, 5.74) is 7.33.